The van der Waals surface area contributed by atoms with Crippen molar-refractivity contribution in [3.8, 4) is 34.0 Å². The summed E-state index contributed by atoms with van der Waals surface area (Å²) in [7, 11) is 1.80. The first kappa shape index (κ1) is 27.6. The summed E-state index contributed by atoms with van der Waals surface area (Å²) >= 11 is 5.62. The number of benzene rings is 3. The van der Waals surface area contributed by atoms with Gasteiger partial charge in [0.15, 0.2) is 0 Å². The molecule has 4 aromatic rings. The molecule has 40 heavy (non-hydrogen) atoms. The number of aryl methyl sites for hydroxylation is 1. The van der Waals surface area contributed by atoms with E-state index in [1.54, 1.807) is 30.1 Å². The molecule has 0 aliphatic carbocycles. The van der Waals surface area contributed by atoms with E-state index >= 15 is 0 Å². The molecule has 0 amide bonds. The molecule has 5 rings (SSSR count). The Hall–Kier alpha value is -3.98. The predicted molar refractivity (Wildman–Crippen MR) is 154 cm³/mol. The number of nitrogens with zero attached hydrogens (tertiary/aromatic N) is 3. The van der Waals surface area contributed by atoms with Gasteiger partial charge in [0, 0.05) is 41.2 Å². The molecule has 0 atom stereocenters. The van der Waals surface area contributed by atoms with E-state index in [9.17, 15) is 13.2 Å². The van der Waals surface area contributed by atoms with Crippen LogP contribution in [0.3, 0.4) is 0 Å². The number of alkyl halides is 3. The Morgan fingerprint density at radius 3 is 2.60 bits per heavy atom. The topological polar surface area (TPSA) is 48.6 Å². The van der Waals surface area contributed by atoms with Gasteiger partial charge in [-0.05, 0) is 59.0 Å². The van der Waals surface area contributed by atoms with Crippen LogP contribution in [0.4, 0.5) is 13.2 Å². The van der Waals surface area contributed by atoms with E-state index in [0.29, 0.717) is 23.8 Å². The van der Waals surface area contributed by atoms with Crippen LogP contribution in [0.2, 0.25) is 0 Å². The molecule has 9 heteroatoms. The molecule has 1 aliphatic rings. The lowest BCUT2D eigenvalue weighted by Gasteiger charge is -2.18. The lowest BCUT2D eigenvalue weighted by molar-refractivity contribution is -0.274. The number of fused-ring (bicyclic) bond motifs is 3. The molecular weight excluding hydrogens is 535 g/mol. The van der Waals surface area contributed by atoms with E-state index in [4.69, 9.17) is 22.1 Å². The fourth-order valence-corrected chi connectivity index (χ4v) is 5.19. The first-order valence-electron chi connectivity index (χ1n) is 12.9. The fraction of sp³-hybridized carbons (Fsp3) is 0.258. The zero-order valence-electron chi connectivity index (χ0n) is 22.3. The minimum atomic E-state index is -4.74. The monoisotopic (exact) mass is 563 g/mol. The molecule has 3 aromatic carbocycles. The number of ether oxygens (including phenoxy) is 2. The van der Waals surface area contributed by atoms with Crippen molar-refractivity contribution in [3.63, 3.8) is 0 Å². The van der Waals surface area contributed by atoms with Gasteiger partial charge >= 0.3 is 6.36 Å². The molecule has 0 bridgehead atoms. The Kier molecular flexibility index (Phi) is 7.76. The van der Waals surface area contributed by atoms with E-state index in [1.165, 1.54) is 23.3 Å². The van der Waals surface area contributed by atoms with E-state index in [1.807, 2.05) is 24.3 Å². The molecule has 1 aliphatic heterocycles. The van der Waals surface area contributed by atoms with Crippen molar-refractivity contribution in [2.45, 2.75) is 39.2 Å². The van der Waals surface area contributed by atoms with Crippen LogP contribution in [0.15, 0.2) is 71.7 Å². The number of rotatable bonds is 8. The molecule has 206 valence electrons. The first-order valence-corrected chi connectivity index (χ1v) is 13.3. The smallest absolute Gasteiger partial charge is 0.488 e. The van der Waals surface area contributed by atoms with Crippen LogP contribution in [0.25, 0.3) is 22.5 Å². The van der Waals surface area contributed by atoms with E-state index in [0.717, 1.165) is 39.4 Å². The largest absolute Gasteiger partial charge is 0.573 e. The van der Waals surface area contributed by atoms with E-state index in [-0.39, 0.29) is 12.4 Å². The first-order chi connectivity index (χ1) is 19.1. The summed E-state index contributed by atoms with van der Waals surface area (Å²) in [6.07, 6.45) is -2.22. The molecule has 2 heterocycles. The number of aromatic nitrogens is 2. The molecule has 0 saturated heterocycles. The van der Waals surface area contributed by atoms with Crippen molar-refractivity contribution in [2.24, 2.45) is 12.0 Å². The van der Waals surface area contributed by atoms with Gasteiger partial charge in [0.25, 0.3) is 0 Å². The number of thiocarbonyl (C=S) groups is 1. The zero-order chi connectivity index (χ0) is 28.4. The third-order valence-corrected chi connectivity index (χ3v) is 6.99. The summed E-state index contributed by atoms with van der Waals surface area (Å²) in [6.45, 7) is 5.11. The highest BCUT2D eigenvalue weighted by molar-refractivity contribution is 7.80. The lowest BCUT2D eigenvalue weighted by Crippen LogP contribution is -2.17. The molecule has 0 saturated carbocycles. The van der Waals surface area contributed by atoms with E-state index < -0.39 is 6.36 Å². The van der Waals surface area contributed by atoms with Crippen LogP contribution in [-0.4, -0.2) is 33.8 Å². The molecule has 0 N–H and O–H groups in total. The Labute approximate surface area is 236 Å². The van der Waals surface area contributed by atoms with Crippen LogP contribution in [0, 0.1) is 0 Å². The van der Waals surface area contributed by atoms with Gasteiger partial charge in [-0.25, -0.2) is 0 Å². The normalized spacial score (nSPS) is 12.8. The van der Waals surface area contributed by atoms with Crippen molar-refractivity contribution >= 4 is 23.3 Å². The van der Waals surface area contributed by atoms with E-state index in [2.05, 4.69) is 41.8 Å². The van der Waals surface area contributed by atoms with Gasteiger partial charge in [-0.1, -0.05) is 56.4 Å². The SMILES string of the molecule is CC(C)c1ccccc1CC(=S)CN=Cc1ccc2c(c1)OCc1c-2nn(C)c1-c1ccc(OC(F)(F)F)cc1. The summed E-state index contributed by atoms with van der Waals surface area (Å²) in [6, 6.07) is 20.0. The van der Waals surface area contributed by atoms with Gasteiger partial charge in [-0.15, -0.1) is 13.2 Å². The quantitative estimate of drug-likeness (QED) is 0.163. The average Bonchev–Trinajstić information content (AvgIpc) is 3.24. The number of halogens is 3. The molecule has 0 radical (unpaired) electrons. The third-order valence-electron chi connectivity index (χ3n) is 6.71. The highest BCUT2D eigenvalue weighted by Gasteiger charge is 2.31. The second-order valence-electron chi connectivity index (χ2n) is 9.95. The number of hydrogen-bond donors (Lipinski definition) is 0. The molecule has 5 nitrogen and oxygen atoms in total. The standard InChI is InChI=1S/C31H28F3N3O2S/c1-19(2)25-7-5-4-6-22(25)15-24(40)17-35-16-20-8-13-26-28(14-20)38-18-27-29(26)36-37(3)30(27)21-9-11-23(12-10-21)39-31(32,33)34/h4-14,16,19H,15,17-18H2,1-3H3. The number of hydrogen-bond acceptors (Lipinski definition) is 5. The minimum Gasteiger partial charge on any atom is -0.488 e. The highest BCUT2D eigenvalue weighted by atomic mass is 32.1. The van der Waals surface area contributed by atoms with Crippen LogP contribution in [-0.2, 0) is 20.1 Å². The van der Waals surface area contributed by atoms with Gasteiger partial charge in [0.05, 0.1) is 12.2 Å². The summed E-state index contributed by atoms with van der Waals surface area (Å²) in [5, 5.41) is 4.70. The van der Waals surface area contributed by atoms with Crippen LogP contribution < -0.4 is 9.47 Å². The van der Waals surface area contributed by atoms with Gasteiger partial charge in [-0.2, -0.15) is 5.10 Å². The Bertz CT molecular complexity index is 1570. The average molecular weight is 564 g/mol. The maximum absolute atomic E-state index is 12.5. The Morgan fingerprint density at radius 1 is 1.12 bits per heavy atom. The maximum Gasteiger partial charge on any atom is 0.573 e. The van der Waals surface area contributed by atoms with Gasteiger partial charge < -0.3 is 9.47 Å². The van der Waals surface area contributed by atoms with Gasteiger partial charge in [0.1, 0.15) is 23.8 Å². The second kappa shape index (κ2) is 11.3. The summed E-state index contributed by atoms with van der Waals surface area (Å²) in [4.78, 5) is 5.45. The van der Waals surface area contributed by atoms with Crippen molar-refractivity contribution < 1.29 is 22.6 Å². The highest BCUT2D eigenvalue weighted by Crippen LogP contribution is 2.41. The summed E-state index contributed by atoms with van der Waals surface area (Å²) in [5.41, 5.74) is 7.44. The van der Waals surface area contributed by atoms with Crippen LogP contribution in [0.1, 0.15) is 42.0 Å². The third kappa shape index (κ3) is 6.09. The van der Waals surface area contributed by atoms with Crippen molar-refractivity contribution in [1.29, 1.82) is 0 Å². The number of aliphatic imine (C=N–C) groups is 1. The van der Waals surface area contributed by atoms with Crippen molar-refractivity contribution in [2.75, 3.05) is 6.54 Å². The molecular formula is C31H28F3N3O2S. The molecule has 0 fully saturated rings. The van der Waals surface area contributed by atoms with Gasteiger partial charge in [-0.3, -0.25) is 9.67 Å². The van der Waals surface area contributed by atoms with Crippen molar-refractivity contribution in [1.82, 2.24) is 9.78 Å². The summed E-state index contributed by atoms with van der Waals surface area (Å²) < 4.78 is 49.4. The maximum atomic E-state index is 12.5. The lowest BCUT2D eigenvalue weighted by atomic mass is 9.94. The fourth-order valence-electron chi connectivity index (χ4n) is 4.96. The predicted octanol–water partition coefficient (Wildman–Crippen LogP) is 7.70. The summed E-state index contributed by atoms with van der Waals surface area (Å²) in [5.74, 6) is 0.861. The Morgan fingerprint density at radius 2 is 1.88 bits per heavy atom. The second-order valence-corrected chi connectivity index (χ2v) is 10.5. The Balaban J connectivity index is 1.30. The van der Waals surface area contributed by atoms with Crippen molar-refractivity contribution in [3.05, 3.63) is 89.0 Å². The molecule has 1 aromatic heterocycles. The van der Waals surface area contributed by atoms with Crippen LogP contribution >= 0.6 is 12.2 Å². The van der Waals surface area contributed by atoms with Crippen LogP contribution in [0.5, 0.6) is 11.5 Å². The van der Waals surface area contributed by atoms with Gasteiger partial charge in [0.2, 0.25) is 0 Å². The molecule has 0 unspecified atom stereocenters. The zero-order valence-corrected chi connectivity index (χ0v) is 23.1. The molecule has 0 spiro atoms. The minimum absolute atomic E-state index is 0.274.